The first kappa shape index (κ1) is 22.6. The predicted octanol–water partition coefficient (Wildman–Crippen LogP) is 4.28. The molecule has 0 spiro atoms. The Morgan fingerprint density at radius 1 is 1.17 bits per heavy atom. The van der Waals surface area contributed by atoms with Crippen LogP contribution in [0.15, 0.2) is 61.2 Å². The minimum Gasteiger partial charge on any atom is -0.467 e. The van der Waals surface area contributed by atoms with E-state index in [0.29, 0.717) is 18.7 Å². The minimum absolute atomic E-state index is 0.0182. The molecule has 0 amide bonds. The smallest absolute Gasteiger partial charge is 0.417 e. The fraction of sp³-hybridized carbons (Fsp3) is 0.318. The number of benzene rings is 2. The molecule has 0 aromatic heterocycles. The number of ether oxygens (including phenoxy) is 1. The summed E-state index contributed by atoms with van der Waals surface area (Å²) in [7, 11) is 1.20. The summed E-state index contributed by atoms with van der Waals surface area (Å²) < 4.78 is 44.3. The van der Waals surface area contributed by atoms with Crippen molar-refractivity contribution in [3.63, 3.8) is 0 Å². The van der Waals surface area contributed by atoms with E-state index in [4.69, 9.17) is 0 Å². The summed E-state index contributed by atoms with van der Waals surface area (Å²) in [6.07, 6.45) is -2.79. The van der Waals surface area contributed by atoms with Crippen molar-refractivity contribution in [2.75, 3.05) is 20.2 Å². The first-order valence-electron chi connectivity index (χ1n) is 8.98. The van der Waals surface area contributed by atoms with Crippen LogP contribution in [0.5, 0.6) is 0 Å². The molecule has 1 N–H and O–H groups in total. The van der Waals surface area contributed by atoms with Crippen LogP contribution >= 0.6 is 0 Å². The lowest BCUT2D eigenvalue weighted by molar-refractivity contribution is -0.162. The Bertz CT molecular complexity index is 845. The Balaban J connectivity index is 2.21. The lowest BCUT2D eigenvalue weighted by Crippen LogP contribution is -2.47. The Morgan fingerprint density at radius 2 is 1.79 bits per heavy atom. The maximum atomic E-state index is 13.2. The highest BCUT2D eigenvalue weighted by Gasteiger charge is 2.34. The molecule has 2 aromatic carbocycles. The third-order valence-electron chi connectivity index (χ3n) is 4.45. The zero-order valence-corrected chi connectivity index (χ0v) is 16.4. The zero-order chi connectivity index (χ0) is 21.7. The quantitative estimate of drug-likeness (QED) is 0.524. The Kier molecular flexibility index (Phi) is 7.21. The van der Waals surface area contributed by atoms with Crippen molar-refractivity contribution in [3.05, 3.63) is 72.3 Å². The average Bonchev–Trinajstić information content (AvgIpc) is 2.67. The normalized spacial score (nSPS) is 13.8. The van der Waals surface area contributed by atoms with Crippen molar-refractivity contribution < 1.29 is 27.8 Å². The van der Waals surface area contributed by atoms with E-state index in [1.165, 1.54) is 26.2 Å². The third kappa shape index (κ3) is 5.92. The fourth-order valence-electron chi connectivity index (χ4n) is 3.12. The molecule has 156 valence electrons. The van der Waals surface area contributed by atoms with Crippen LogP contribution in [0.1, 0.15) is 18.1 Å². The highest BCUT2D eigenvalue weighted by Crippen LogP contribution is 2.36. The second-order valence-corrected chi connectivity index (χ2v) is 6.96. The molecule has 1 atom stereocenters. The Morgan fingerprint density at radius 3 is 2.34 bits per heavy atom. The van der Waals surface area contributed by atoms with Gasteiger partial charge in [0.2, 0.25) is 0 Å². The highest BCUT2D eigenvalue weighted by molar-refractivity contribution is 5.78. The molecule has 0 saturated heterocycles. The molecule has 0 aliphatic carbocycles. The second-order valence-electron chi connectivity index (χ2n) is 6.96. The molecule has 2 aromatic rings. The number of hydrogen-bond acceptors (Lipinski definition) is 4. The van der Waals surface area contributed by atoms with Crippen LogP contribution in [-0.2, 0) is 22.3 Å². The van der Waals surface area contributed by atoms with E-state index in [0.717, 1.165) is 11.6 Å². The van der Waals surface area contributed by atoms with Gasteiger partial charge in [0, 0.05) is 19.6 Å². The van der Waals surface area contributed by atoms with Crippen LogP contribution in [0.25, 0.3) is 11.1 Å². The van der Waals surface area contributed by atoms with Gasteiger partial charge in [0.1, 0.15) is 0 Å². The largest absolute Gasteiger partial charge is 0.467 e. The lowest BCUT2D eigenvalue weighted by atomic mass is 9.98. The van der Waals surface area contributed by atoms with Gasteiger partial charge < -0.3 is 9.84 Å². The maximum Gasteiger partial charge on any atom is 0.417 e. The van der Waals surface area contributed by atoms with Gasteiger partial charge in [0.15, 0.2) is 5.60 Å². The van der Waals surface area contributed by atoms with Crippen molar-refractivity contribution in [3.8, 4) is 11.1 Å². The molecular weight excluding hydrogens is 383 g/mol. The molecule has 0 aliphatic rings. The molecule has 0 radical (unpaired) electrons. The summed E-state index contributed by atoms with van der Waals surface area (Å²) >= 11 is 0. The Labute approximate surface area is 168 Å². The van der Waals surface area contributed by atoms with Crippen LogP contribution in [0, 0.1) is 0 Å². The Hall–Kier alpha value is -2.64. The fourth-order valence-corrected chi connectivity index (χ4v) is 3.12. The molecule has 2 rings (SSSR count). The van der Waals surface area contributed by atoms with Gasteiger partial charge in [-0.1, -0.05) is 48.5 Å². The standard InChI is InChI=1S/C22H24F3NO3/c1-4-13-26(15-21(2,28)20(27)29-3)14-16-9-11-17(12-10-16)18-7-5-6-8-19(18)22(23,24)25/h4-12,28H,1,13-15H2,2-3H3. The summed E-state index contributed by atoms with van der Waals surface area (Å²) in [4.78, 5) is 13.5. The van der Waals surface area contributed by atoms with Crippen molar-refractivity contribution in [1.29, 1.82) is 0 Å². The van der Waals surface area contributed by atoms with Crippen molar-refractivity contribution in [2.24, 2.45) is 0 Å². The first-order chi connectivity index (χ1) is 13.6. The monoisotopic (exact) mass is 407 g/mol. The number of alkyl halides is 3. The van der Waals surface area contributed by atoms with E-state index in [2.05, 4.69) is 11.3 Å². The molecule has 0 bridgehead atoms. The molecule has 29 heavy (non-hydrogen) atoms. The van der Waals surface area contributed by atoms with Gasteiger partial charge in [0.05, 0.1) is 12.7 Å². The van der Waals surface area contributed by atoms with Gasteiger partial charge in [-0.2, -0.15) is 13.2 Å². The van der Waals surface area contributed by atoms with E-state index in [1.807, 2.05) is 0 Å². The van der Waals surface area contributed by atoms with E-state index < -0.39 is 23.3 Å². The van der Waals surface area contributed by atoms with Gasteiger partial charge in [0.25, 0.3) is 0 Å². The van der Waals surface area contributed by atoms with Crippen molar-refractivity contribution >= 4 is 5.97 Å². The lowest BCUT2D eigenvalue weighted by Gasteiger charge is -2.29. The SMILES string of the molecule is C=CCN(Cc1ccc(-c2ccccc2C(F)(F)F)cc1)CC(C)(O)C(=O)OC. The zero-order valence-electron chi connectivity index (χ0n) is 16.4. The van der Waals surface area contributed by atoms with Crippen LogP contribution in [0.3, 0.4) is 0 Å². The molecule has 1 unspecified atom stereocenters. The first-order valence-corrected chi connectivity index (χ1v) is 8.98. The van der Waals surface area contributed by atoms with Crippen molar-refractivity contribution in [1.82, 2.24) is 4.90 Å². The number of hydrogen-bond donors (Lipinski definition) is 1. The van der Waals surface area contributed by atoms with Gasteiger partial charge in [-0.15, -0.1) is 6.58 Å². The summed E-state index contributed by atoms with van der Waals surface area (Å²) in [6, 6.07) is 12.1. The van der Waals surface area contributed by atoms with Gasteiger partial charge in [-0.3, -0.25) is 4.90 Å². The molecule has 4 nitrogen and oxygen atoms in total. The van der Waals surface area contributed by atoms with Crippen LogP contribution in [0.4, 0.5) is 13.2 Å². The van der Waals surface area contributed by atoms with E-state index in [-0.39, 0.29) is 12.1 Å². The van der Waals surface area contributed by atoms with Gasteiger partial charge in [-0.25, -0.2) is 4.79 Å². The van der Waals surface area contributed by atoms with Crippen LogP contribution in [-0.4, -0.2) is 41.8 Å². The second kappa shape index (κ2) is 9.24. The number of methoxy groups -OCH3 is 1. The van der Waals surface area contributed by atoms with E-state index in [1.54, 1.807) is 41.3 Å². The van der Waals surface area contributed by atoms with Crippen LogP contribution in [0.2, 0.25) is 0 Å². The van der Waals surface area contributed by atoms with Gasteiger partial charge in [-0.05, 0) is 29.7 Å². The number of nitrogens with zero attached hydrogens (tertiary/aromatic N) is 1. The van der Waals surface area contributed by atoms with E-state index in [9.17, 15) is 23.1 Å². The molecule has 7 heteroatoms. The average molecular weight is 407 g/mol. The number of esters is 1. The number of carbonyl (C=O) groups excluding carboxylic acids is 1. The number of aliphatic hydroxyl groups is 1. The molecule has 0 heterocycles. The number of rotatable bonds is 8. The minimum atomic E-state index is -4.44. The molecule has 0 aliphatic heterocycles. The predicted molar refractivity (Wildman–Crippen MR) is 105 cm³/mol. The topological polar surface area (TPSA) is 49.8 Å². The van der Waals surface area contributed by atoms with E-state index >= 15 is 0 Å². The summed E-state index contributed by atoms with van der Waals surface area (Å²) in [5.41, 5.74) is -0.985. The van der Waals surface area contributed by atoms with Crippen molar-refractivity contribution in [2.45, 2.75) is 25.2 Å². The molecular formula is C22H24F3NO3. The maximum absolute atomic E-state index is 13.2. The number of carbonyl (C=O) groups is 1. The van der Waals surface area contributed by atoms with Crippen LogP contribution < -0.4 is 0 Å². The molecule has 0 saturated carbocycles. The highest BCUT2D eigenvalue weighted by atomic mass is 19.4. The number of halogens is 3. The summed E-state index contributed by atoms with van der Waals surface area (Å²) in [5.74, 6) is -0.745. The summed E-state index contributed by atoms with van der Waals surface area (Å²) in [5, 5.41) is 10.3. The molecule has 0 fully saturated rings. The van der Waals surface area contributed by atoms with Gasteiger partial charge >= 0.3 is 12.1 Å². The third-order valence-corrected chi connectivity index (χ3v) is 4.45. The summed E-state index contributed by atoms with van der Waals surface area (Å²) in [6.45, 7) is 5.85.